The van der Waals surface area contributed by atoms with Gasteiger partial charge < -0.3 is 10.5 Å². The second-order valence-corrected chi connectivity index (χ2v) is 12.9. The van der Waals surface area contributed by atoms with Crippen LogP contribution in [0.3, 0.4) is 0 Å². The molecule has 3 aromatic carbocycles. The summed E-state index contributed by atoms with van der Waals surface area (Å²) in [6, 6.07) is 22.8. The largest absolute Gasteiger partial charge is 0.497 e. The zero-order chi connectivity index (χ0) is 29.5. The summed E-state index contributed by atoms with van der Waals surface area (Å²) in [5, 5.41) is 10.5. The molecule has 1 aliphatic heterocycles. The molecule has 0 spiro atoms. The third kappa shape index (κ3) is 5.39. The molecule has 1 aliphatic carbocycles. The van der Waals surface area contributed by atoms with Crippen LogP contribution in [0.5, 0.6) is 5.75 Å². The first-order chi connectivity index (χ1) is 19.5. The van der Waals surface area contributed by atoms with E-state index in [1.165, 1.54) is 21.6 Å². The Morgan fingerprint density at radius 1 is 1.02 bits per heavy atom. The number of nitrogens with zero attached hydrogens (tertiary/aromatic N) is 2. The number of thioether (sulfide) groups is 1. The number of hydrogen-bond donors (Lipinski definition) is 1. The molecule has 210 valence electrons. The minimum absolute atomic E-state index is 0.0795. The van der Waals surface area contributed by atoms with Gasteiger partial charge in [0.1, 0.15) is 11.6 Å². The van der Waals surface area contributed by atoms with Gasteiger partial charge in [-0.25, -0.2) is 0 Å². The molecule has 1 heterocycles. The van der Waals surface area contributed by atoms with Gasteiger partial charge in [-0.1, -0.05) is 44.2 Å². The SMILES string of the molecule is COc1ccc(N2C(N)=C(C#N)C(c3cc(CSc4ccccc4C)c(C)cc3C)C3=C2CC(C)(C)CC3=O)cc1. The number of Topliss-reactive ketones (excluding diaryl/α,β-unsaturated/α-hetero) is 1. The third-order valence-electron chi connectivity index (χ3n) is 8.22. The van der Waals surface area contributed by atoms with Crippen LogP contribution in [0.25, 0.3) is 0 Å². The number of nitriles is 1. The van der Waals surface area contributed by atoms with E-state index in [0.717, 1.165) is 34.0 Å². The van der Waals surface area contributed by atoms with Crippen molar-refractivity contribution in [3.05, 3.63) is 111 Å². The van der Waals surface area contributed by atoms with Gasteiger partial charge in [0, 0.05) is 34.0 Å². The van der Waals surface area contributed by atoms with Gasteiger partial charge in [-0.15, -0.1) is 11.8 Å². The number of allylic oxidation sites excluding steroid dienone is 3. The van der Waals surface area contributed by atoms with Crippen LogP contribution in [0.1, 0.15) is 60.4 Å². The van der Waals surface area contributed by atoms with Crippen molar-refractivity contribution >= 4 is 23.2 Å². The lowest BCUT2D eigenvalue weighted by Crippen LogP contribution is -2.42. The van der Waals surface area contributed by atoms with Gasteiger partial charge in [-0.05, 0) is 90.8 Å². The van der Waals surface area contributed by atoms with Crippen molar-refractivity contribution in [2.24, 2.45) is 11.1 Å². The van der Waals surface area contributed by atoms with Crippen molar-refractivity contribution in [1.82, 2.24) is 0 Å². The van der Waals surface area contributed by atoms with Gasteiger partial charge in [-0.3, -0.25) is 9.69 Å². The summed E-state index contributed by atoms with van der Waals surface area (Å²) >= 11 is 1.81. The van der Waals surface area contributed by atoms with Crippen molar-refractivity contribution in [2.45, 2.75) is 64.0 Å². The Kier molecular flexibility index (Phi) is 7.76. The molecule has 0 radical (unpaired) electrons. The summed E-state index contributed by atoms with van der Waals surface area (Å²) in [6.45, 7) is 10.6. The average molecular weight is 564 g/mol. The lowest BCUT2D eigenvalue weighted by atomic mass is 9.68. The number of rotatable bonds is 6. The Hall–Kier alpha value is -3.95. The second kappa shape index (κ2) is 11.1. The van der Waals surface area contributed by atoms with E-state index in [4.69, 9.17) is 10.5 Å². The molecule has 5 nitrogen and oxygen atoms in total. The minimum atomic E-state index is -0.504. The Balaban J connectivity index is 1.66. The quantitative estimate of drug-likeness (QED) is 0.308. The van der Waals surface area contributed by atoms with Crippen LogP contribution in [0, 0.1) is 37.5 Å². The summed E-state index contributed by atoms with van der Waals surface area (Å²) in [4.78, 5) is 17.2. The lowest BCUT2D eigenvalue weighted by Gasteiger charge is -2.44. The fourth-order valence-corrected chi connectivity index (χ4v) is 7.20. The number of anilines is 1. The van der Waals surface area contributed by atoms with Crippen LogP contribution in [0.2, 0.25) is 0 Å². The maximum absolute atomic E-state index is 14.0. The Bertz CT molecular complexity index is 1630. The molecule has 6 heteroatoms. The summed E-state index contributed by atoms with van der Waals surface area (Å²) in [6.07, 6.45) is 1.11. The van der Waals surface area contributed by atoms with Crippen LogP contribution in [-0.4, -0.2) is 12.9 Å². The molecule has 2 aliphatic rings. The highest BCUT2D eigenvalue weighted by Gasteiger charge is 2.45. The fourth-order valence-electron chi connectivity index (χ4n) is 6.10. The maximum Gasteiger partial charge on any atom is 0.162 e. The van der Waals surface area contributed by atoms with Gasteiger partial charge in [0.25, 0.3) is 0 Å². The average Bonchev–Trinajstić information content (AvgIpc) is 2.92. The maximum atomic E-state index is 14.0. The number of nitrogens with two attached hydrogens (primary N) is 1. The van der Waals surface area contributed by atoms with E-state index in [1.54, 1.807) is 7.11 Å². The third-order valence-corrected chi connectivity index (χ3v) is 9.45. The van der Waals surface area contributed by atoms with Crippen molar-refractivity contribution in [3.63, 3.8) is 0 Å². The molecule has 1 unspecified atom stereocenters. The number of ether oxygens (including phenoxy) is 1. The molecule has 41 heavy (non-hydrogen) atoms. The Labute approximate surface area is 247 Å². The van der Waals surface area contributed by atoms with E-state index in [0.29, 0.717) is 29.8 Å². The van der Waals surface area contributed by atoms with Crippen molar-refractivity contribution in [1.29, 1.82) is 5.26 Å². The second-order valence-electron chi connectivity index (χ2n) is 11.9. The number of aryl methyl sites for hydroxylation is 3. The number of hydrogen-bond acceptors (Lipinski definition) is 6. The summed E-state index contributed by atoms with van der Waals surface area (Å²) in [5.74, 6) is 1.48. The smallest absolute Gasteiger partial charge is 0.162 e. The van der Waals surface area contributed by atoms with Crippen molar-refractivity contribution in [3.8, 4) is 11.8 Å². The van der Waals surface area contributed by atoms with Gasteiger partial charge in [-0.2, -0.15) is 5.26 Å². The van der Waals surface area contributed by atoms with E-state index in [-0.39, 0.29) is 11.2 Å². The topological polar surface area (TPSA) is 79.3 Å². The lowest BCUT2D eigenvalue weighted by molar-refractivity contribution is -0.118. The summed E-state index contributed by atoms with van der Waals surface area (Å²) in [7, 11) is 1.63. The molecule has 0 saturated carbocycles. The first-order valence-electron chi connectivity index (χ1n) is 13.9. The molecule has 2 N–H and O–H groups in total. The summed E-state index contributed by atoms with van der Waals surface area (Å²) < 4.78 is 5.36. The molecule has 5 rings (SSSR count). The summed E-state index contributed by atoms with van der Waals surface area (Å²) in [5.41, 5.74) is 15.1. The van der Waals surface area contributed by atoms with Gasteiger partial charge in [0.2, 0.25) is 0 Å². The predicted molar refractivity (Wildman–Crippen MR) is 167 cm³/mol. The van der Waals surface area contributed by atoms with Gasteiger partial charge in [0.15, 0.2) is 5.78 Å². The monoisotopic (exact) mass is 563 g/mol. The van der Waals surface area contributed by atoms with E-state index >= 15 is 0 Å². The number of ketones is 1. The first kappa shape index (κ1) is 28.6. The number of benzene rings is 3. The standard InChI is InChI=1S/C35H37N3O2S/c1-21-9-7-8-10-31(21)41-20-24-16-27(23(3)15-22(24)2)32-28(19-36)34(37)38(25-11-13-26(40-6)14-12-25)29-17-35(4,5)18-30(39)33(29)32/h7-16,32H,17-18,20,37H2,1-6H3. The molecule has 0 aromatic heterocycles. The zero-order valence-electron chi connectivity index (χ0n) is 24.7. The molecule has 0 fully saturated rings. The van der Waals surface area contributed by atoms with Crippen LogP contribution in [0.15, 0.2) is 88.2 Å². The highest BCUT2D eigenvalue weighted by Crippen LogP contribution is 2.51. The van der Waals surface area contributed by atoms with Crippen LogP contribution in [-0.2, 0) is 10.5 Å². The van der Waals surface area contributed by atoms with Gasteiger partial charge in [0.05, 0.1) is 24.7 Å². The zero-order valence-corrected chi connectivity index (χ0v) is 25.5. The van der Waals surface area contributed by atoms with Crippen molar-refractivity contribution < 1.29 is 9.53 Å². The Morgan fingerprint density at radius 2 is 1.73 bits per heavy atom. The first-order valence-corrected chi connectivity index (χ1v) is 14.9. The van der Waals surface area contributed by atoms with E-state index < -0.39 is 5.92 Å². The highest BCUT2D eigenvalue weighted by molar-refractivity contribution is 7.98. The number of carbonyl (C=O) groups is 1. The van der Waals surface area contributed by atoms with E-state index in [1.807, 2.05) is 40.9 Å². The highest BCUT2D eigenvalue weighted by atomic mass is 32.2. The molecule has 0 amide bonds. The molecule has 1 atom stereocenters. The number of carbonyl (C=O) groups excluding carboxylic acids is 1. The molecular weight excluding hydrogens is 526 g/mol. The number of methoxy groups -OCH3 is 1. The van der Waals surface area contributed by atoms with Gasteiger partial charge >= 0.3 is 0 Å². The van der Waals surface area contributed by atoms with E-state index in [9.17, 15) is 10.1 Å². The molecule has 0 bridgehead atoms. The van der Waals surface area contributed by atoms with Crippen molar-refractivity contribution in [2.75, 3.05) is 12.0 Å². The minimum Gasteiger partial charge on any atom is -0.497 e. The molecule has 3 aromatic rings. The molecule has 0 saturated heterocycles. The van der Waals surface area contributed by atoms with Crippen LogP contribution in [0.4, 0.5) is 5.69 Å². The van der Waals surface area contributed by atoms with E-state index in [2.05, 4.69) is 77.1 Å². The molecular formula is C35H37N3O2S. The van der Waals surface area contributed by atoms with Crippen LogP contribution >= 0.6 is 11.8 Å². The van der Waals surface area contributed by atoms with Crippen LogP contribution < -0.4 is 15.4 Å². The normalized spacial score (nSPS) is 18.3. The fraction of sp³-hybridized carbons (Fsp3) is 0.314. The predicted octanol–water partition coefficient (Wildman–Crippen LogP) is 7.85. The Morgan fingerprint density at radius 3 is 2.39 bits per heavy atom.